The third-order valence-corrected chi connectivity index (χ3v) is 3.45. The molecule has 0 aliphatic heterocycles. The Kier molecular flexibility index (Phi) is 4.00. The van der Waals surface area contributed by atoms with Crippen molar-refractivity contribution in [3.8, 4) is 11.8 Å². The van der Waals surface area contributed by atoms with Gasteiger partial charge in [-0.2, -0.15) is 0 Å². The van der Waals surface area contributed by atoms with Crippen LogP contribution in [0.1, 0.15) is 36.2 Å². The highest BCUT2D eigenvalue weighted by atomic mass is 32.2. The molecular formula is C13H14N2O2S. The van der Waals surface area contributed by atoms with Gasteiger partial charge in [-0.05, 0) is 43.9 Å². The molecule has 1 heterocycles. The fourth-order valence-corrected chi connectivity index (χ4v) is 2.24. The number of nitrogens with zero attached hydrogens (tertiary/aromatic N) is 2. The molecule has 1 aliphatic carbocycles. The summed E-state index contributed by atoms with van der Waals surface area (Å²) in [5.41, 5.74) is -0.700. The number of ketones is 1. The fraction of sp³-hybridized carbons (Fsp3) is 0.462. The zero-order valence-corrected chi connectivity index (χ0v) is 11.0. The third kappa shape index (κ3) is 3.09. The van der Waals surface area contributed by atoms with Crippen molar-refractivity contribution in [2.24, 2.45) is 0 Å². The van der Waals surface area contributed by atoms with E-state index >= 15 is 0 Å². The van der Waals surface area contributed by atoms with Crippen LogP contribution in [0, 0.1) is 11.8 Å². The monoisotopic (exact) mass is 262 g/mol. The average molecular weight is 262 g/mol. The van der Waals surface area contributed by atoms with E-state index in [2.05, 4.69) is 21.8 Å². The van der Waals surface area contributed by atoms with Crippen molar-refractivity contribution in [2.75, 3.05) is 6.26 Å². The SMILES string of the molecule is CSc1nccc(C(=O)C#CC2(O)CCCC2)n1. The van der Waals surface area contributed by atoms with Gasteiger partial charge >= 0.3 is 0 Å². The minimum absolute atomic E-state index is 0.281. The first-order chi connectivity index (χ1) is 8.63. The maximum Gasteiger partial charge on any atom is 0.254 e. The van der Waals surface area contributed by atoms with Crippen LogP contribution in [0.2, 0.25) is 0 Å². The van der Waals surface area contributed by atoms with Gasteiger partial charge < -0.3 is 5.11 Å². The van der Waals surface area contributed by atoms with Crippen molar-refractivity contribution < 1.29 is 9.90 Å². The molecule has 0 saturated heterocycles. The summed E-state index contributed by atoms with van der Waals surface area (Å²) in [7, 11) is 0. The van der Waals surface area contributed by atoms with Gasteiger partial charge in [-0.3, -0.25) is 4.79 Å². The standard InChI is InChI=1S/C13H14N2O2S/c1-18-12-14-9-5-10(15-12)11(16)4-8-13(17)6-2-3-7-13/h5,9,17H,2-3,6-7H2,1H3. The number of Topliss-reactive ketones (excluding diaryl/α,β-unsaturated/α-hetero) is 1. The lowest BCUT2D eigenvalue weighted by atomic mass is 10.0. The third-order valence-electron chi connectivity index (χ3n) is 2.89. The van der Waals surface area contributed by atoms with Crippen LogP contribution in [0.5, 0.6) is 0 Å². The Morgan fingerprint density at radius 2 is 2.22 bits per heavy atom. The van der Waals surface area contributed by atoms with Crippen molar-refractivity contribution in [3.05, 3.63) is 18.0 Å². The zero-order valence-electron chi connectivity index (χ0n) is 10.1. The Balaban J connectivity index is 2.14. The van der Waals surface area contributed by atoms with Gasteiger partial charge in [0.05, 0.1) is 0 Å². The van der Waals surface area contributed by atoms with Gasteiger partial charge in [-0.15, -0.1) is 0 Å². The highest BCUT2D eigenvalue weighted by Crippen LogP contribution is 2.28. The van der Waals surface area contributed by atoms with Gasteiger partial charge in [0.1, 0.15) is 11.3 Å². The summed E-state index contributed by atoms with van der Waals surface area (Å²) in [4.78, 5) is 19.9. The van der Waals surface area contributed by atoms with E-state index in [1.807, 2.05) is 6.26 Å². The number of thioether (sulfide) groups is 1. The van der Waals surface area contributed by atoms with E-state index in [0.717, 1.165) is 12.8 Å². The second-order valence-electron chi connectivity index (χ2n) is 4.25. The molecule has 1 fully saturated rings. The molecule has 1 saturated carbocycles. The highest BCUT2D eigenvalue weighted by molar-refractivity contribution is 7.98. The van der Waals surface area contributed by atoms with Crippen molar-refractivity contribution in [3.63, 3.8) is 0 Å². The largest absolute Gasteiger partial charge is 0.378 e. The Bertz CT molecular complexity index is 513. The van der Waals surface area contributed by atoms with Gasteiger partial charge in [-0.1, -0.05) is 17.7 Å². The lowest BCUT2D eigenvalue weighted by molar-refractivity contribution is 0.102. The van der Waals surface area contributed by atoms with E-state index in [0.29, 0.717) is 18.0 Å². The Labute approximate surface area is 110 Å². The van der Waals surface area contributed by atoms with Crippen molar-refractivity contribution in [1.29, 1.82) is 0 Å². The Hall–Kier alpha value is -1.38. The second kappa shape index (κ2) is 5.51. The molecule has 0 unspecified atom stereocenters. The van der Waals surface area contributed by atoms with E-state index in [9.17, 15) is 9.90 Å². The summed E-state index contributed by atoms with van der Waals surface area (Å²) >= 11 is 1.37. The van der Waals surface area contributed by atoms with Gasteiger partial charge in [0.15, 0.2) is 5.16 Å². The molecule has 2 rings (SSSR count). The molecule has 0 bridgehead atoms. The molecule has 1 N–H and O–H groups in total. The maximum atomic E-state index is 11.8. The first-order valence-corrected chi connectivity index (χ1v) is 7.02. The summed E-state index contributed by atoms with van der Waals surface area (Å²) in [6, 6.07) is 1.54. The zero-order chi connectivity index (χ0) is 13.0. The number of hydrogen-bond donors (Lipinski definition) is 1. The van der Waals surface area contributed by atoms with Gasteiger partial charge in [0.25, 0.3) is 5.78 Å². The normalized spacial score (nSPS) is 17.0. The van der Waals surface area contributed by atoms with E-state index in [1.165, 1.54) is 24.0 Å². The molecule has 0 radical (unpaired) electrons. The molecule has 18 heavy (non-hydrogen) atoms. The van der Waals surface area contributed by atoms with E-state index in [-0.39, 0.29) is 11.5 Å². The van der Waals surface area contributed by atoms with Crippen LogP contribution < -0.4 is 0 Å². The maximum absolute atomic E-state index is 11.8. The van der Waals surface area contributed by atoms with Crippen molar-refractivity contribution in [1.82, 2.24) is 9.97 Å². The summed E-state index contributed by atoms with van der Waals surface area (Å²) in [5, 5.41) is 10.6. The van der Waals surface area contributed by atoms with Crippen molar-refractivity contribution >= 4 is 17.5 Å². The molecule has 0 amide bonds. The Morgan fingerprint density at radius 1 is 1.50 bits per heavy atom. The predicted octanol–water partition coefficient (Wildman–Crippen LogP) is 1.69. The molecule has 0 atom stereocenters. The number of rotatable bonds is 2. The van der Waals surface area contributed by atoms with Crippen LogP contribution in [-0.2, 0) is 0 Å². The van der Waals surface area contributed by atoms with Crippen LogP contribution in [0.3, 0.4) is 0 Å². The van der Waals surface area contributed by atoms with Crippen LogP contribution in [0.4, 0.5) is 0 Å². The molecule has 0 aromatic carbocycles. The lowest BCUT2D eigenvalue weighted by Crippen LogP contribution is -2.21. The topological polar surface area (TPSA) is 63.1 Å². The lowest BCUT2D eigenvalue weighted by Gasteiger charge is -2.12. The van der Waals surface area contributed by atoms with Crippen LogP contribution in [0.25, 0.3) is 0 Å². The van der Waals surface area contributed by atoms with Gasteiger partial charge in [-0.25, -0.2) is 9.97 Å². The number of hydrogen-bond acceptors (Lipinski definition) is 5. The molecule has 4 nitrogen and oxygen atoms in total. The first-order valence-electron chi connectivity index (χ1n) is 5.80. The molecule has 0 spiro atoms. The summed E-state index contributed by atoms with van der Waals surface area (Å²) in [5.74, 6) is 4.81. The molecular weight excluding hydrogens is 248 g/mol. The first kappa shape index (κ1) is 13.1. The number of carbonyl (C=O) groups is 1. The van der Waals surface area contributed by atoms with E-state index in [4.69, 9.17) is 0 Å². The molecule has 1 aliphatic rings. The highest BCUT2D eigenvalue weighted by Gasteiger charge is 2.28. The summed E-state index contributed by atoms with van der Waals surface area (Å²) in [6.45, 7) is 0. The smallest absolute Gasteiger partial charge is 0.254 e. The molecule has 1 aromatic rings. The molecule has 94 valence electrons. The second-order valence-corrected chi connectivity index (χ2v) is 5.02. The van der Waals surface area contributed by atoms with Gasteiger partial charge in [0.2, 0.25) is 0 Å². The fourth-order valence-electron chi connectivity index (χ4n) is 1.89. The summed E-state index contributed by atoms with van der Waals surface area (Å²) < 4.78 is 0. The summed E-state index contributed by atoms with van der Waals surface area (Å²) in [6.07, 6.45) is 6.60. The minimum Gasteiger partial charge on any atom is -0.378 e. The van der Waals surface area contributed by atoms with Crippen LogP contribution in [-0.4, -0.2) is 32.7 Å². The quantitative estimate of drug-likeness (QED) is 0.289. The van der Waals surface area contributed by atoms with Crippen LogP contribution in [0.15, 0.2) is 17.4 Å². The van der Waals surface area contributed by atoms with Crippen LogP contribution >= 0.6 is 11.8 Å². The number of carbonyl (C=O) groups excluding carboxylic acids is 1. The van der Waals surface area contributed by atoms with E-state index < -0.39 is 5.60 Å². The van der Waals surface area contributed by atoms with E-state index in [1.54, 1.807) is 0 Å². The number of aliphatic hydroxyl groups is 1. The molecule has 1 aromatic heterocycles. The minimum atomic E-state index is -0.981. The van der Waals surface area contributed by atoms with Gasteiger partial charge in [0, 0.05) is 6.20 Å². The number of aromatic nitrogens is 2. The molecule has 5 heteroatoms. The Morgan fingerprint density at radius 3 is 2.89 bits per heavy atom. The predicted molar refractivity (Wildman–Crippen MR) is 69.3 cm³/mol. The average Bonchev–Trinajstić information content (AvgIpc) is 2.83. The van der Waals surface area contributed by atoms with Crippen molar-refractivity contribution in [2.45, 2.75) is 36.4 Å².